The SMILES string of the molecule is CC(C)CCCCc1ccnc2ccccc12. The van der Waals surface area contributed by atoms with Gasteiger partial charge in [-0.1, -0.05) is 44.9 Å². The fourth-order valence-electron chi connectivity index (χ4n) is 2.24. The van der Waals surface area contributed by atoms with Crippen molar-refractivity contribution in [1.82, 2.24) is 4.98 Å². The van der Waals surface area contributed by atoms with Gasteiger partial charge in [-0.3, -0.25) is 4.98 Å². The molecule has 0 unspecified atom stereocenters. The maximum absolute atomic E-state index is 4.40. The quantitative estimate of drug-likeness (QED) is 0.680. The Morgan fingerprint density at radius 2 is 1.88 bits per heavy atom. The molecule has 1 nitrogen and oxygen atoms in total. The van der Waals surface area contributed by atoms with E-state index in [0.29, 0.717) is 0 Å². The molecule has 1 aromatic heterocycles. The van der Waals surface area contributed by atoms with E-state index in [9.17, 15) is 0 Å². The highest BCUT2D eigenvalue weighted by atomic mass is 14.6. The summed E-state index contributed by atoms with van der Waals surface area (Å²) in [6, 6.07) is 10.6. The Labute approximate surface area is 104 Å². The van der Waals surface area contributed by atoms with E-state index < -0.39 is 0 Å². The van der Waals surface area contributed by atoms with Gasteiger partial charge in [-0.25, -0.2) is 0 Å². The minimum absolute atomic E-state index is 0.823. The molecule has 0 saturated carbocycles. The number of aromatic nitrogens is 1. The van der Waals surface area contributed by atoms with Crippen molar-refractivity contribution in [3.05, 3.63) is 42.1 Å². The lowest BCUT2D eigenvalue weighted by molar-refractivity contribution is 0.538. The third-order valence-electron chi connectivity index (χ3n) is 3.22. The Morgan fingerprint density at radius 3 is 2.71 bits per heavy atom. The van der Waals surface area contributed by atoms with Crippen molar-refractivity contribution in [2.75, 3.05) is 0 Å². The first kappa shape index (κ1) is 12.1. The fourth-order valence-corrected chi connectivity index (χ4v) is 2.24. The molecule has 0 aliphatic rings. The molecule has 0 fully saturated rings. The first-order valence-electron chi connectivity index (χ1n) is 6.60. The maximum Gasteiger partial charge on any atom is 0.0704 e. The lowest BCUT2D eigenvalue weighted by Gasteiger charge is -2.07. The Hall–Kier alpha value is -1.37. The summed E-state index contributed by atoms with van der Waals surface area (Å²) in [5.41, 5.74) is 2.56. The van der Waals surface area contributed by atoms with Gasteiger partial charge in [-0.05, 0) is 36.5 Å². The molecule has 0 aliphatic heterocycles. The summed E-state index contributed by atoms with van der Waals surface area (Å²) in [5, 5.41) is 1.32. The van der Waals surface area contributed by atoms with Crippen LogP contribution in [-0.2, 0) is 6.42 Å². The van der Waals surface area contributed by atoms with E-state index in [2.05, 4.69) is 49.2 Å². The summed E-state index contributed by atoms with van der Waals surface area (Å²) in [7, 11) is 0. The number of hydrogen-bond donors (Lipinski definition) is 0. The van der Waals surface area contributed by atoms with E-state index in [0.717, 1.165) is 11.4 Å². The molecule has 0 spiro atoms. The van der Waals surface area contributed by atoms with Crippen LogP contribution in [0, 0.1) is 5.92 Å². The molecule has 1 heteroatoms. The molecule has 2 aromatic rings. The number of aryl methyl sites for hydroxylation is 1. The van der Waals surface area contributed by atoms with Crippen molar-refractivity contribution in [1.29, 1.82) is 0 Å². The summed E-state index contributed by atoms with van der Waals surface area (Å²) in [5.74, 6) is 0.823. The lowest BCUT2D eigenvalue weighted by atomic mass is 10.0. The second kappa shape index (κ2) is 5.81. The van der Waals surface area contributed by atoms with Gasteiger partial charge in [0.1, 0.15) is 0 Å². The standard InChI is InChI=1S/C16H21N/c1-13(2)7-3-4-8-14-11-12-17-16-10-6-5-9-15(14)16/h5-6,9-13H,3-4,7-8H2,1-2H3. The van der Waals surface area contributed by atoms with Crippen LogP contribution in [0.15, 0.2) is 36.5 Å². The number of fused-ring (bicyclic) bond motifs is 1. The van der Waals surface area contributed by atoms with Gasteiger partial charge in [0.05, 0.1) is 5.52 Å². The van der Waals surface area contributed by atoms with Crippen molar-refractivity contribution < 1.29 is 0 Å². The zero-order chi connectivity index (χ0) is 12.1. The van der Waals surface area contributed by atoms with Gasteiger partial charge < -0.3 is 0 Å². The summed E-state index contributed by atoms with van der Waals surface area (Å²) >= 11 is 0. The van der Waals surface area contributed by atoms with Crippen molar-refractivity contribution in [3.8, 4) is 0 Å². The van der Waals surface area contributed by atoms with Gasteiger partial charge in [-0.2, -0.15) is 0 Å². The fraction of sp³-hybridized carbons (Fsp3) is 0.438. The van der Waals surface area contributed by atoms with Crippen LogP contribution in [0.25, 0.3) is 10.9 Å². The highest BCUT2D eigenvalue weighted by Gasteiger charge is 2.01. The van der Waals surface area contributed by atoms with E-state index in [1.807, 2.05) is 6.20 Å². The molecule has 0 bridgehead atoms. The Balaban J connectivity index is 2.03. The predicted molar refractivity (Wildman–Crippen MR) is 74.1 cm³/mol. The molecular formula is C16H21N. The first-order chi connectivity index (χ1) is 8.27. The third-order valence-corrected chi connectivity index (χ3v) is 3.22. The molecule has 1 heterocycles. The van der Waals surface area contributed by atoms with Crippen LogP contribution in [0.2, 0.25) is 0 Å². The van der Waals surface area contributed by atoms with E-state index in [1.165, 1.54) is 36.6 Å². The van der Waals surface area contributed by atoms with Gasteiger partial charge in [0.25, 0.3) is 0 Å². The first-order valence-corrected chi connectivity index (χ1v) is 6.60. The van der Waals surface area contributed by atoms with Crippen molar-refractivity contribution in [2.45, 2.75) is 39.5 Å². The van der Waals surface area contributed by atoms with E-state index in [1.54, 1.807) is 0 Å². The summed E-state index contributed by atoms with van der Waals surface area (Å²) in [6.07, 6.45) is 7.05. The van der Waals surface area contributed by atoms with Crippen molar-refractivity contribution in [2.24, 2.45) is 5.92 Å². The third kappa shape index (κ3) is 3.29. The molecule has 0 radical (unpaired) electrons. The summed E-state index contributed by atoms with van der Waals surface area (Å²) < 4.78 is 0. The zero-order valence-electron chi connectivity index (χ0n) is 10.8. The molecule has 0 aliphatic carbocycles. The molecule has 0 saturated heterocycles. The normalized spacial score (nSPS) is 11.2. The van der Waals surface area contributed by atoms with E-state index in [4.69, 9.17) is 0 Å². The van der Waals surface area contributed by atoms with Gasteiger partial charge in [0.15, 0.2) is 0 Å². The number of rotatable bonds is 5. The molecule has 1 aromatic carbocycles. The average molecular weight is 227 g/mol. The van der Waals surface area contributed by atoms with E-state index in [-0.39, 0.29) is 0 Å². The predicted octanol–water partition coefficient (Wildman–Crippen LogP) is 4.60. The van der Waals surface area contributed by atoms with E-state index >= 15 is 0 Å². The second-order valence-electron chi connectivity index (χ2n) is 5.13. The van der Waals surface area contributed by atoms with Gasteiger partial charge >= 0.3 is 0 Å². The lowest BCUT2D eigenvalue weighted by Crippen LogP contribution is -1.92. The number of hydrogen-bond acceptors (Lipinski definition) is 1. The van der Waals surface area contributed by atoms with Crippen LogP contribution in [0.4, 0.5) is 0 Å². The van der Waals surface area contributed by atoms with Gasteiger partial charge in [0, 0.05) is 11.6 Å². The molecular weight excluding hydrogens is 206 g/mol. The Kier molecular flexibility index (Phi) is 4.13. The van der Waals surface area contributed by atoms with Gasteiger partial charge in [-0.15, -0.1) is 0 Å². The zero-order valence-corrected chi connectivity index (χ0v) is 10.8. The van der Waals surface area contributed by atoms with Crippen LogP contribution >= 0.6 is 0 Å². The highest BCUT2D eigenvalue weighted by molar-refractivity contribution is 5.81. The van der Waals surface area contributed by atoms with Crippen LogP contribution in [0.1, 0.15) is 38.7 Å². The Bertz CT molecular complexity index is 468. The number of nitrogens with zero attached hydrogens (tertiary/aromatic N) is 1. The van der Waals surface area contributed by atoms with Crippen LogP contribution in [0.5, 0.6) is 0 Å². The molecule has 2 rings (SSSR count). The Morgan fingerprint density at radius 1 is 1.06 bits per heavy atom. The summed E-state index contributed by atoms with van der Waals surface area (Å²) in [4.78, 5) is 4.40. The second-order valence-corrected chi connectivity index (χ2v) is 5.13. The number of unbranched alkanes of at least 4 members (excludes halogenated alkanes) is 1. The van der Waals surface area contributed by atoms with Gasteiger partial charge in [0.2, 0.25) is 0 Å². The largest absolute Gasteiger partial charge is 0.256 e. The average Bonchev–Trinajstić information content (AvgIpc) is 2.34. The van der Waals surface area contributed by atoms with Crippen LogP contribution < -0.4 is 0 Å². The minimum atomic E-state index is 0.823. The molecule has 0 N–H and O–H groups in total. The highest BCUT2D eigenvalue weighted by Crippen LogP contribution is 2.19. The number of para-hydroxylation sites is 1. The number of benzene rings is 1. The van der Waals surface area contributed by atoms with Crippen LogP contribution in [0.3, 0.4) is 0 Å². The topological polar surface area (TPSA) is 12.9 Å². The minimum Gasteiger partial charge on any atom is -0.256 e. The molecule has 0 atom stereocenters. The smallest absolute Gasteiger partial charge is 0.0704 e. The maximum atomic E-state index is 4.40. The van der Waals surface area contributed by atoms with Crippen molar-refractivity contribution in [3.63, 3.8) is 0 Å². The van der Waals surface area contributed by atoms with Crippen LogP contribution in [-0.4, -0.2) is 4.98 Å². The summed E-state index contributed by atoms with van der Waals surface area (Å²) in [6.45, 7) is 4.59. The number of pyridine rings is 1. The van der Waals surface area contributed by atoms with Crippen molar-refractivity contribution >= 4 is 10.9 Å². The molecule has 0 amide bonds. The molecule has 90 valence electrons. The molecule has 17 heavy (non-hydrogen) atoms. The monoisotopic (exact) mass is 227 g/mol.